The Morgan fingerprint density at radius 1 is 1.40 bits per heavy atom. The van der Waals surface area contributed by atoms with Crippen LogP contribution < -0.4 is 10.5 Å². The number of ether oxygens (including phenoxy) is 1. The summed E-state index contributed by atoms with van der Waals surface area (Å²) in [5.74, 6) is 0.668. The second kappa shape index (κ2) is 6.62. The Labute approximate surface area is 124 Å². The highest BCUT2D eigenvalue weighted by Gasteiger charge is 2.21. The molecule has 110 valence electrons. The molecule has 1 saturated carbocycles. The summed E-state index contributed by atoms with van der Waals surface area (Å²) in [5.41, 5.74) is 5.90. The molecule has 0 heterocycles. The summed E-state index contributed by atoms with van der Waals surface area (Å²) < 4.78 is 32.3. The van der Waals surface area contributed by atoms with Crippen molar-refractivity contribution in [1.29, 1.82) is 0 Å². The summed E-state index contributed by atoms with van der Waals surface area (Å²) in [4.78, 5) is 0.172. The van der Waals surface area contributed by atoms with Gasteiger partial charge < -0.3 is 10.5 Å². The lowest BCUT2D eigenvalue weighted by atomic mass is 10.2. The fourth-order valence-electron chi connectivity index (χ4n) is 1.77. The van der Waals surface area contributed by atoms with Gasteiger partial charge in [0.05, 0.1) is 11.5 Å². The maximum absolute atomic E-state index is 12.2. The first-order valence-corrected chi connectivity index (χ1v) is 8.36. The second-order valence-electron chi connectivity index (χ2n) is 4.78. The Balaban J connectivity index is 1.93. The summed E-state index contributed by atoms with van der Waals surface area (Å²) in [6.07, 6.45) is 2.43. The van der Waals surface area contributed by atoms with E-state index in [2.05, 4.69) is 4.72 Å². The molecular weight excluding hydrogens is 296 g/mol. The minimum absolute atomic E-state index is 0.0657. The van der Waals surface area contributed by atoms with Gasteiger partial charge in [-0.3, -0.25) is 0 Å². The first-order chi connectivity index (χ1) is 9.50. The summed E-state index contributed by atoms with van der Waals surface area (Å²) in [6.45, 7) is 1.32. The van der Waals surface area contributed by atoms with E-state index in [1.807, 2.05) is 0 Å². The minimum Gasteiger partial charge on any atom is -0.389 e. The second-order valence-corrected chi connectivity index (χ2v) is 6.95. The average Bonchev–Trinajstić information content (AvgIpc) is 3.22. The number of sulfonamides is 1. The lowest BCUT2D eigenvalue weighted by molar-refractivity contribution is 0.129. The highest BCUT2D eigenvalue weighted by atomic mass is 32.2. The predicted octanol–water partition coefficient (Wildman–Crippen LogP) is 1.03. The van der Waals surface area contributed by atoms with E-state index in [1.165, 1.54) is 18.9 Å². The van der Waals surface area contributed by atoms with Gasteiger partial charge in [0.1, 0.15) is 4.99 Å². The van der Waals surface area contributed by atoms with Crippen LogP contribution in [0.4, 0.5) is 0 Å². The van der Waals surface area contributed by atoms with Crippen molar-refractivity contribution >= 4 is 27.2 Å². The van der Waals surface area contributed by atoms with E-state index < -0.39 is 10.0 Å². The quantitative estimate of drug-likeness (QED) is 0.553. The van der Waals surface area contributed by atoms with Crippen molar-refractivity contribution in [3.05, 3.63) is 29.8 Å². The molecule has 0 saturated heterocycles. The fraction of sp³-hybridized carbons (Fsp3) is 0.462. The molecule has 5 nitrogen and oxygen atoms in total. The van der Waals surface area contributed by atoms with Crippen LogP contribution in [0.15, 0.2) is 29.2 Å². The zero-order valence-corrected chi connectivity index (χ0v) is 12.7. The minimum atomic E-state index is -3.62. The maximum atomic E-state index is 12.2. The molecule has 7 heteroatoms. The third-order valence-electron chi connectivity index (χ3n) is 3.03. The lowest BCUT2D eigenvalue weighted by Crippen LogP contribution is -2.29. The van der Waals surface area contributed by atoms with E-state index in [0.717, 1.165) is 0 Å². The van der Waals surface area contributed by atoms with E-state index in [-0.39, 0.29) is 16.4 Å². The molecule has 0 amide bonds. The number of nitrogens with two attached hydrogens (primary N) is 1. The Hall–Kier alpha value is -1.02. The molecule has 0 radical (unpaired) electrons. The Morgan fingerprint density at radius 3 is 2.75 bits per heavy atom. The summed E-state index contributed by atoms with van der Waals surface area (Å²) >= 11 is 4.87. The van der Waals surface area contributed by atoms with E-state index in [9.17, 15) is 8.42 Å². The highest BCUT2D eigenvalue weighted by molar-refractivity contribution is 7.89. The van der Waals surface area contributed by atoms with E-state index in [1.54, 1.807) is 18.2 Å². The standard InChI is InChI=1S/C13H18N2O3S2/c14-13(19)11-3-1-2-4-12(11)20(16,17)15-7-8-18-9-10-5-6-10/h1-4,10,15H,5-9H2,(H2,14,19). The molecule has 2 rings (SSSR count). The lowest BCUT2D eigenvalue weighted by Gasteiger charge is -2.10. The van der Waals surface area contributed by atoms with Crippen molar-refractivity contribution in [1.82, 2.24) is 4.72 Å². The number of benzene rings is 1. The van der Waals surface area contributed by atoms with Gasteiger partial charge in [-0.25, -0.2) is 13.1 Å². The van der Waals surface area contributed by atoms with Gasteiger partial charge in [-0.2, -0.15) is 0 Å². The van der Waals surface area contributed by atoms with E-state index in [0.29, 0.717) is 24.7 Å². The molecule has 20 heavy (non-hydrogen) atoms. The SMILES string of the molecule is NC(=S)c1ccccc1S(=O)(=O)NCCOCC1CC1. The normalized spacial score (nSPS) is 15.2. The van der Waals surface area contributed by atoms with E-state index >= 15 is 0 Å². The number of rotatable bonds is 8. The smallest absolute Gasteiger partial charge is 0.241 e. The van der Waals surface area contributed by atoms with Crippen molar-refractivity contribution < 1.29 is 13.2 Å². The monoisotopic (exact) mass is 314 g/mol. The molecule has 1 fully saturated rings. The largest absolute Gasteiger partial charge is 0.389 e. The van der Waals surface area contributed by atoms with Crippen molar-refractivity contribution in [2.45, 2.75) is 17.7 Å². The van der Waals surface area contributed by atoms with Crippen molar-refractivity contribution in [3.8, 4) is 0 Å². The van der Waals surface area contributed by atoms with Crippen LogP contribution in [-0.2, 0) is 14.8 Å². The van der Waals surface area contributed by atoms with E-state index in [4.69, 9.17) is 22.7 Å². The molecule has 0 bridgehead atoms. The molecule has 1 aliphatic rings. The van der Waals surface area contributed by atoms with Gasteiger partial charge in [0.15, 0.2) is 0 Å². The molecule has 0 atom stereocenters. The molecule has 1 aromatic carbocycles. The van der Waals surface area contributed by atoms with Gasteiger partial charge >= 0.3 is 0 Å². The zero-order valence-electron chi connectivity index (χ0n) is 11.0. The van der Waals surface area contributed by atoms with Crippen molar-refractivity contribution in [2.24, 2.45) is 11.7 Å². The molecule has 3 N–H and O–H groups in total. The molecule has 0 aliphatic heterocycles. The van der Waals surface area contributed by atoms with Crippen LogP contribution in [0, 0.1) is 5.92 Å². The summed E-state index contributed by atoms with van der Waals surface area (Å²) in [5, 5.41) is 0. The fourth-order valence-corrected chi connectivity index (χ4v) is 3.24. The number of hydrogen-bond acceptors (Lipinski definition) is 4. The van der Waals surface area contributed by atoms with Crippen LogP contribution in [0.1, 0.15) is 18.4 Å². The zero-order chi connectivity index (χ0) is 14.6. The van der Waals surface area contributed by atoms with Crippen molar-refractivity contribution in [2.75, 3.05) is 19.8 Å². The molecule has 1 aromatic rings. The van der Waals surface area contributed by atoms with Gasteiger partial charge in [0, 0.05) is 18.7 Å². The van der Waals surface area contributed by atoms with Crippen LogP contribution in [0.25, 0.3) is 0 Å². The first kappa shape index (κ1) is 15.4. The highest BCUT2D eigenvalue weighted by Crippen LogP contribution is 2.28. The molecule has 0 aromatic heterocycles. The summed E-state index contributed by atoms with van der Waals surface area (Å²) in [7, 11) is -3.62. The maximum Gasteiger partial charge on any atom is 0.241 e. The first-order valence-electron chi connectivity index (χ1n) is 6.47. The van der Waals surface area contributed by atoms with Crippen LogP contribution in [0.3, 0.4) is 0 Å². The predicted molar refractivity (Wildman–Crippen MR) is 81.1 cm³/mol. The average molecular weight is 314 g/mol. The van der Waals surface area contributed by atoms with Crippen LogP contribution in [0.5, 0.6) is 0 Å². The Bertz CT molecular complexity index is 583. The van der Waals surface area contributed by atoms with Gasteiger partial charge in [-0.05, 0) is 24.8 Å². The third-order valence-corrected chi connectivity index (χ3v) is 4.77. The van der Waals surface area contributed by atoms with Gasteiger partial charge in [0.2, 0.25) is 10.0 Å². The van der Waals surface area contributed by atoms with Crippen LogP contribution in [0.2, 0.25) is 0 Å². The molecule has 0 unspecified atom stereocenters. The van der Waals surface area contributed by atoms with Crippen molar-refractivity contribution in [3.63, 3.8) is 0 Å². The number of hydrogen-bond donors (Lipinski definition) is 2. The molecular formula is C13H18N2O3S2. The number of thiocarbonyl (C=S) groups is 1. The van der Waals surface area contributed by atoms with Gasteiger partial charge in [-0.15, -0.1) is 0 Å². The third kappa shape index (κ3) is 4.24. The van der Waals surface area contributed by atoms with Crippen LogP contribution in [-0.4, -0.2) is 33.2 Å². The Kier molecular flexibility index (Phi) is 5.09. The Morgan fingerprint density at radius 2 is 2.10 bits per heavy atom. The number of nitrogens with one attached hydrogen (secondary N) is 1. The topological polar surface area (TPSA) is 81.4 Å². The van der Waals surface area contributed by atoms with Gasteiger partial charge in [0.25, 0.3) is 0 Å². The molecule has 1 aliphatic carbocycles. The van der Waals surface area contributed by atoms with Gasteiger partial charge in [-0.1, -0.05) is 30.4 Å². The van der Waals surface area contributed by atoms with Crippen LogP contribution >= 0.6 is 12.2 Å². The molecule has 0 spiro atoms. The summed E-state index contributed by atoms with van der Waals surface area (Å²) in [6, 6.07) is 6.43.